The zero-order chi connectivity index (χ0) is 13.0. The fourth-order valence-corrected chi connectivity index (χ4v) is 2.14. The van der Waals surface area contributed by atoms with E-state index in [1.54, 1.807) is 6.20 Å². The maximum Gasteiger partial charge on any atom is 0.171 e. The number of hydrogen-bond donors (Lipinski definition) is 1. The predicted octanol–water partition coefficient (Wildman–Crippen LogP) is 2.22. The smallest absolute Gasteiger partial charge is 0.171 e. The molecule has 4 heteroatoms. The molecule has 0 amide bonds. The molecule has 0 saturated carbocycles. The number of anilines is 1. The van der Waals surface area contributed by atoms with Crippen molar-refractivity contribution in [1.29, 1.82) is 0 Å². The van der Waals surface area contributed by atoms with Gasteiger partial charge in [-0.1, -0.05) is 6.92 Å². The summed E-state index contributed by atoms with van der Waals surface area (Å²) in [7, 11) is 0. The number of hydrogen-bond acceptors (Lipinski definition) is 4. The summed E-state index contributed by atoms with van der Waals surface area (Å²) in [5.74, 6) is 1.75. The van der Waals surface area contributed by atoms with Gasteiger partial charge in [0.25, 0.3) is 0 Å². The van der Waals surface area contributed by atoms with Gasteiger partial charge in [-0.25, -0.2) is 4.98 Å². The van der Waals surface area contributed by atoms with Crippen LogP contribution in [0.25, 0.3) is 0 Å². The van der Waals surface area contributed by atoms with Crippen LogP contribution in [0.15, 0.2) is 18.3 Å². The normalized spacial score (nSPS) is 18.7. The van der Waals surface area contributed by atoms with Gasteiger partial charge in [0, 0.05) is 19.3 Å². The Labute approximate surface area is 109 Å². The molecule has 0 atom stereocenters. The van der Waals surface area contributed by atoms with Crippen molar-refractivity contribution in [1.82, 2.24) is 4.98 Å². The summed E-state index contributed by atoms with van der Waals surface area (Å²) in [5, 5.41) is 9.97. The van der Waals surface area contributed by atoms with Gasteiger partial charge in [-0.05, 0) is 38.3 Å². The lowest BCUT2D eigenvalue weighted by Crippen LogP contribution is -2.42. The SMILES string of the molecule is CCCOc1cccnc1N1CCC(C)(O)CC1. The molecule has 1 aromatic rings. The lowest BCUT2D eigenvalue weighted by atomic mass is 9.94. The van der Waals surface area contributed by atoms with Crippen molar-refractivity contribution in [2.24, 2.45) is 0 Å². The summed E-state index contributed by atoms with van der Waals surface area (Å²) in [5.41, 5.74) is -0.532. The summed E-state index contributed by atoms with van der Waals surface area (Å²) in [6, 6.07) is 3.86. The number of ether oxygens (including phenoxy) is 1. The van der Waals surface area contributed by atoms with Crippen molar-refractivity contribution in [3.8, 4) is 5.75 Å². The molecule has 0 aliphatic carbocycles. The van der Waals surface area contributed by atoms with E-state index in [-0.39, 0.29) is 0 Å². The molecule has 1 aromatic heterocycles. The number of pyridine rings is 1. The van der Waals surface area contributed by atoms with Crippen LogP contribution in [0.1, 0.15) is 33.1 Å². The first-order valence-electron chi connectivity index (χ1n) is 6.67. The molecule has 1 saturated heterocycles. The third-order valence-electron chi connectivity index (χ3n) is 3.35. The third-order valence-corrected chi connectivity index (χ3v) is 3.35. The fourth-order valence-electron chi connectivity index (χ4n) is 2.14. The lowest BCUT2D eigenvalue weighted by Gasteiger charge is -2.36. The van der Waals surface area contributed by atoms with Gasteiger partial charge < -0.3 is 14.7 Å². The van der Waals surface area contributed by atoms with Gasteiger partial charge in [0.15, 0.2) is 11.6 Å². The minimum absolute atomic E-state index is 0.532. The summed E-state index contributed by atoms with van der Waals surface area (Å²) in [6.45, 7) is 6.36. The van der Waals surface area contributed by atoms with E-state index in [0.29, 0.717) is 6.61 Å². The van der Waals surface area contributed by atoms with Crippen molar-refractivity contribution in [2.75, 3.05) is 24.6 Å². The number of rotatable bonds is 4. The van der Waals surface area contributed by atoms with Crippen molar-refractivity contribution < 1.29 is 9.84 Å². The molecule has 1 aliphatic rings. The van der Waals surface area contributed by atoms with Crippen LogP contribution < -0.4 is 9.64 Å². The van der Waals surface area contributed by atoms with Crippen LogP contribution in [0, 0.1) is 0 Å². The molecule has 1 aliphatic heterocycles. The van der Waals surface area contributed by atoms with Crippen molar-refractivity contribution >= 4 is 5.82 Å². The molecule has 1 fully saturated rings. The van der Waals surface area contributed by atoms with Gasteiger partial charge in [0.05, 0.1) is 12.2 Å². The van der Waals surface area contributed by atoms with Gasteiger partial charge in [0.2, 0.25) is 0 Å². The quantitative estimate of drug-likeness (QED) is 0.890. The number of nitrogens with zero attached hydrogens (tertiary/aromatic N) is 2. The van der Waals surface area contributed by atoms with E-state index < -0.39 is 5.60 Å². The van der Waals surface area contributed by atoms with E-state index in [9.17, 15) is 5.11 Å². The third kappa shape index (κ3) is 3.13. The average molecular weight is 250 g/mol. The number of piperidine rings is 1. The zero-order valence-electron chi connectivity index (χ0n) is 11.2. The van der Waals surface area contributed by atoms with Crippen molar-refractivity contribution in [3.05, 3.63) is 18.3 Å². The van der Waals surface area contributed by atoms with Crippen LogP contribution in [-0.2, 0) is 0 Å². The van der Waals surface area contributed by atoms with Crippen molar-refractivity contribution in [2.45, 2.75) is 38.7 Å². The van der Waals surface area contributed by atoms with Gasteiger partial charge in [-0.2, -0.15) is 0 Å². The molecular formula is C14H22N2O2. The molecule has 0 aromatic carbocycles. The lowest BCUT2D eigenvalue weighted by molar-refractivity contribution is 0.0349. The molecule has 0 bridgehead atoms. The monoisotopic (exact) mass is 250 g/mol. The number of aromatic nitrogens is 1. The van der Waals surface area contributed by atoms with Gasteiger partial charge in [-0.15, -0.1) is 0 Å². The Bertz CT molecular complexity index is 383. The first-order chi connectivity index (χ1) is 8.62. The second-order valence-corrected chi connectivity index (χ2v) is 5.16. The largest absolute Gasteiger partial charge is 0.490 e. The highest BCUT2D eigenvalue weighted by molar-refractivity contribution is 5.52. The summed E-state index contributed by atoms with van der Waals surface area (Å²) >= 11 is 0. The second-order valence-electron chi connectivity index (χ2n) is 5.16. The topological polar surface area (TPSA) is 45.6 Å². The predicted molar refractivity (Wildman–Crippen MR) is 72.1 cm³/mol. The Morgan fingerprint density at radius 2 is 2.17 bits per heavy atom. The molecule has 0 unspecified atom stereocenters. The van der Waals surface area contributed by atoms with Gasteiger partial charge >= 0.3 is 0 Å². The Morgan fingerprint density at radius 3 is 2.83 bits per heavy atom. The second kappa shape index (κ2) is 5.57. The van der Waals surface area contributed by atoms with E-state index in [1.165, 1.54) is 0 Å². The van der Waals surface area contributed by atoms with E-state index in [0.717, 1.165) is 43.9 Å². The molecule has 2 rings (SSSR count). The van der Waals surface area contributed by atoms with Gasteiger partial charge in [-0.3, -0.25) is 0 Å². The summed E-state index contributed by atoms with van der Waals surface area (Å²) in [4.78, 5) is 6.62. The molecule has 100 valence electrons. The first kappa shape index (κ1) is 13.1. The van der Waals surface area contributed by atoms with Gasteiger partial charge in [0.1, 0.15) is 0 Å². The van der Waals surface area contributed by atoms with E-state index in [1.807, 2.05) is 19.1 Å². The standard InChI is InChI=1S/C14H22N2O2/c1-3-11-18-12-5-4-8-15-13(12)16-9-6-14(2,17)7-10-16/h4-5,8,17H,3,6-7,9-11H2,1-2H3. The maximum absolute atomic E-state index is 9.97. The molecule has 1 N–H and O–H groups in total. The fraction of sp³-hybridized carbons (Fsp3) is 0.643. The minimum Gasteiger partial charge on any atom is -0.490 e. The molecular weight excluding hydrogens is 228 g/mol. The van der Waals surface area contributed by atoms with Crippen LogP contribution in [-0.4, -0.2) is 35.4 Å². The average Bonchev–Trinajstić information content (AvgIpc) is 2.37. The van der Waals surface area contributed by atoms with Crippen LogP contribution in [0.4, 0.5) is 5.82 Å². The molecule has 2 heterocycles. The minimum atomic E-state index is -0.532. The first-order valence-corrected chi connectivity index (χ1v) is 6.67. The highest BCUT2D eigenvalue weighted by atomic mass is 16.5. The molecule has 0 spiro atoms. The van der Waals surface area contributed by atoms with Crippen LogP contribution in [0.5, 0.6) is 5.75 Å². The van der Waals surface area contributed by atoms with Crippen LogP contribution in [0.2, 0.25) is 0 Å². The maximum atomic E-state index is 9.97. The molecule has 18 heavy (non-hydrogen) atoms. The summed E-state index contributed by atoms with van der Waals surface area (Å²) < 4.78 is 5.72. The van der Waals surface area contributed by atoms with E-state index in [4.69, 9.17) is 4.74 Å². The highest BCUT2D eigenvalue weighted by Crippen LogP contribution is 2.30. The Kier molecular flexibility index (Phi) is 4.07. The van der Waals surface area contributed by atoms with E-state index >= 15 is 0 Å². The van der Waals surface area contributed by atoms with Crippen molar-refractivity contribution in [3.63, 3.8) is 0 Å². The number of aliphatic hydroxyl groups is 1. The zero-order valence-corrected chi connectivity index (χ0v) is 11.2. The van der Waals surface area contributed by atoms with E-state index in [2.05, 4.69) is 16.8 Å². The molecule has 4 nitrogen and oxygen atoms in total. The summed E-state index contributed by atoms with van der Waals surface area (Å²) in [6.07, 6.45) is 4.33. The van der Waals surface area contributed by atoms with Crippen LogP contribution >= 0.6 is 0 Å². The Balaban J connectivity index is 2.08. The van der Waals surface area contributed by atoms with Crippen LogP contribution in [0.3, 0.4) is 0 Å². The molecule has 0 radical (unpaired) electrons. The Morgan fingerprint density at radius 1 is 1.44 bits per heavy atom. The Hall–Kier alpha value is -1.29. The highest BCUT2D eigenvalue weighted by Gasteiger charge is 2.28.